The van der Waals surface area contributed by atoms with Crippen LogP contribution >= 0.6 is 11.6 Å². The molecule has 0 radical (unpaired) electrons. The average Bonchev–Trinajstić information content (AvgIpc) is 2.37. The van der Waals surface area contributed by atoms with Crippen molar-refractivity contribution in [1.29, 1.82) is 0 Å². The number of piperidine rings is 1. The summed E-state index contributed by atoms with van der Waals surface area (Å²) in [4.78, 5) is 0. The normalized spacial score (nSPS) is 20.8. The molecule has 7 heteroatoms. The molecule has 2 N–H and O–H groups in total. The molecular formula is C13H19ClN2O3S. The number of sulfonamides is 1. The van der Waals surface area contributed by atoms with Crippen LogP contribution in [0.3, 0.4) is 0 Å². The Hall–Kier alpha value is -0.980. The molecule has 1 unspecified atom stereocenters. The molecule has 20 heavy (non-hydrogen) atoms. The highest BCUT2D eigenvalue weighted by atomic mass is 35.5. The van der Waals surface area contributed by atoms with Gasteiger partial charge in [0.2, 0.25) is 10.0 Å². The molecule has 0 bridgehead atoms. The number of anilines is 1. The Morgan fingerprint density at radius 3 is 2.90 bits per heavy atom. The molecule has 0 spiro atoms. The predicted molar refractivity (Wildman–Crippen MR) is 80.5 cm³/mol. The van der Waals surface area contributed by atoms with Gasteiger partial charge in [-0.2, -0.15) is 0 Å². The molecule has 1 saturated heterocycles. The van der Waals surface area contributed by atoms with Crippen LogP contribution in [0.4, 0.5) is 5.69 Å². The summed E-state index contributed by atoms with van der Waals surface area (Å²) in [6.07, 6.45) is 3.06. The van der Waals surface area contributed by atoms with Gasteiger partial charge in [-0.15, -0.1) is 0 Å². The van der Waals surface area contributed by atoms with Gasteiger partial charge in [-0.25, -0.2) is 12.7 Å². The van der Waals surface area contributed by atoms with Crippen LogP contribution in [0.5, 0.6) is 5.75 Å². The van der Waals surface area contributed by atoms with Crippen molar-refractivity contribution in [1.82, 2.24) is 4.31 Å². The third-order valence-electron chi connectivity index (χ3n) is 3.38. The minimum Gasteiger partial charge on any atom is -0.492 e. The van der Waals surface area contributed by atoms with Gasteiger partial charge in [-0.3, -0.25) is 0 Å². The summed E-state index contributed by atoms with van der Waals surface area (Å²) in [7, 11) is -3.12. The largest absolute Gasteiger partial charge is 0.492 e. The molecular weight excluding hydrogens is 300 g/mol. The number of rotatable bonds is 4. The Bertz CT molecular complexity index is 577. The Morgan fingerprint density at radius 1 is 1.50 bits per heavy atom. The van der Waals surface area contributed by atoms with Gasteiger partial charge in [0.1, 0.15) is 5.75 Å². The van der Waals surface area contributed by atoms with Crippen LogP contribution in [0.2, 0.25) is 5.02 Å². The van der Waals surface area contributed by atoms with Gasteiger partial charge in [-0.05, 0) is 31.0 Å². The highest BCUT2D eigenvalue weighted by Crippen LogP contribution is 2.28. The molecule has 1 fully saturated rings. The molecule has 0 amide bonds. The van der Waals surface area contributed by atoms with E-state index in [2.05, 4.69) is 0 Å². The molecule has 1 aromatic carbocycles. The lowest BCUT2D eigenvalue weighted by Crippen LogP contribution is -2.40. The maximum absolute atomic E-state index is 11.5. The van der Waals surface area contributed by atoms with Crippen LogP contribution in [0.1, 0.15) is 12.8 Å². The number of hydrogen-bond acceptors (Lipinski definition) is 4. The summed E-state index contributed by atoms with van der Waals surface area (Å²) in [6.45, 7) is 1.55. The van der Waals surface area contributed by atoms with Crippen LogP contribution < -0.4 is 10.5 Å². The Kier molecular flexibility index (Phi) is 4.78. The monoisotopic (exact) mass is 318 g/mol. The fourth-order valence-corrected chi connectivity index (χ4v) is 3.49. The Morgan fingerprint density at radius 2 is 2.25 bits per heavy atom. The molecule has 1 atom stereocenters. The second-order valence-electron chi connectivity index (χ2n) is 5.13. The lowest BCUT2D eigenvalue weighted by Gasteiger charge is -2.30. The molecule has 2 rings (SSSR count). The first-order chi connectivity index (χ1) is 9.36. The van der Waals surface area contributed by atoms with Crippen molar-refractivity contribution in [2.24, 2.45) is 5.92 Å². The number of benzene rings is 1. The predicted octanol–water partition coefficient (Wildman–Crippen LogP) is 1.97. The van der Waals surface area contributed by atoms with Crippen molar-refractivity contribution in [3.05, 3.63) is 23.2 Å². The Labute approximate surface area is 124 Å². The first-order valence-electron chi connectivity index (χ1n) is 6.49. The summed E-state index contributed by atoms with van der Waals surface area (Å²) < 4.78 is 30.3. The summed E-state index contributed by atoms with van der Waals surface area (Å²) >= 11 is 6.04. The molecule has 0 aliphatic carbocycles. The SMILES string of the molecule is CS(=O)(=O)N1CCCC(COc2ccc(N)cc2Cl)C1. The van der Waals surface area contributed by atoms with Gasteiger partial charge in [0.25, 0.3) is 0 Å². The topological polar surface area (TPSA) is 72.6 Å². The van der Waals surface area contributed by atoms with Crippen LogP contribution in [0, 0.1) is 5.92 Å². The van der Waals surface area contributed by atoms with Gasteiger partial charge in [0.15, 0.2) is 0 Å². The first kappa shape index (κ1) is 15.4. The van der Waals surface area contributed by atoms with Gasteiger partial charge in [-0.1, -0.05) is 11.6 Å². The summed E-state index contributed by atoms with van der Waals surface area (Å²) in [5, 5.41) is 0.473. The van der Waals surface area contributed by atoms with Crippen LogP contribution in [-0.2, 0) is 10.0 Å². The number of ether oxygens (including phenoxy) is 1. The zero-order chi connectivity index (χ0) is 14.8. The number of nitrogens with zero attached hydrogens (tertiary/aromatic N) is 1. The van der Waals surface area contributed by atoms with Gasteiger partial charge >= 0.3 is 0 Å². The van der Waals surface area contributed by atoms with Crippen LogP contribution in [0.25, 0.3) is 0 Å². The third kappa shape index (κ3) is 4.01. The number of hydrogen-bond donors (Lipinski definition) is 1. The van der Waals surface area contributed by atoms with Gasteiger partial charge in [0, 0.05) is 24.7 Å². The Balaban J connectivity index is 1.94. The van der Waals surface area contributed by atoms with Crippen molar-refractivity contribution < 1.29 is 13.2 Å². The maximum Gasteiger partial charge on any atom is 0.211 e. The van der Waals surface area contributed by atoms with Crippen LogP contribution in [0.15, 0.2) is 18.2 Å². The lowest BCUT2D eigenvalue weighted by atomic mass is 10.0. The molecule has 5 nitrogen and oxygen atoms in total. The van der Waals surface area contributed by atoms with E-state index in [4.69, 9.17) is 22.1 Å². The van der Waals surface area contributed by atoms with E-state index in [1.54, 1.807) is 18.2 Å². The van der Waals surface area contributed by atoms with Gasteiger partial charge < -0.3 is 10.5 Å². The molecule has 112 valence electrons. The van der Waals surface area contributed by atoms with Gasteiger partial charge in [0.05, 0.1) is 17.9 Å². The fourth-order valence-electron chi connectivity index (χ4n) is 2.31. The smallest absolute Gasteiger partial charge is 0.211 e. The lowest BCUT2D eigenvalue weighted by molar-refractivity contribution is 0.181. The van der Waals surface area contributed by atoms with E-state index < -0.39 is 10.0 Å². The van der Waals surface area contributed by atoms with E-state index in [-0.39, 0.29) is 5.92 Å². The highest BCUT2D eigenvalue weighted by molar-refractivity contribution is 7.88. The van der Waals surface area contributed by atoms with E-state index in [1.807, 2.05) is 0 Å². The number of nitrogens with two attached hydrogens (primary N) is 1. The second kappa shape index (κ2) is 6.20. The second-order valence-corrected chi connectivity index (χ2v) is 7.52. The first-order valence-corrected chi connectivity index (χ1v) is 8.72. The van der Waals surface area contributed by atoms with Crippen molar-refractivity contribution in [2.45, 2.75) is 12.8 Å². The number of nitrogen functional groups attached to an aromatic ring is 1. The van der Waals surface area contributed by atoms with E-state index in [1.165, 1.54) is 10.6 Å². The minimum absolute atomic E-state index is 0.187. The summed E-state index contributed by atoms with van der Waals surface area (Å²) in [5.41, 5.74) is 6.21. The van der Waals surface area contributed by atoms with E-state index in [9.17, 15) is 8.42 Å². The average molecular weight is 319 g/mol. The molecule has 1 aromatic rings. The molecule has 0 saturated carbocycles. The van der Waals surface area contributed by atoms with E-state index in [0.717, 1.165) is 12.8 Å². The third-order valence-corrected chi connectivity index (χ3v) is 4.95. The highest BCUT2D eigenvalue weighted by Gasteiger charge is 2.26. The summed E-state index contributed by atoms with van der Waals surface area (Å²) in [6, 6.07) is 5.10. The molecule has 1 heterocycles. The van der Waals surface area contributed by atoms with Crippen molar-refractivity contribution in [3.63, 3.8) is 0 Å². The zero-order valence-corrected chi connectivity index (χ0v) is 13.0. The molecule has 1 aliphatic rings. The standard InChI is InChI=1S/C13H19ClN2O3S/c1-20(17,18)16-6-2-3-10(8-16)9-19-13-5-4-11(15)7-12(13)14/h4-5,7,10H,2-3,6,8-9,15H2,1H3. The molecule has 0 aromatic heterocycles. The fraction of sp³-hybridized carbons (Fsp3) is 0.538. The number of halogens is 1. The van der Waals surface area contributed by atoms with Crippen molar-refractivity contribution in [2.75, 3.05) is 31.7 Å². The minimum atomic E-state index is -3.12. The quantitative estimate of drug-likeness (QED) is 0.861. The van der Waals surface area contributed by atoms with Crippen molar-refractivity contribution >= 4 is 27.3 Å². The van der Waals surface area contributed by atoms with E-state index >= 15 is 0 Å². The summed E-state index contributed by atoms with van der Waals surface area (Å²) in [5.74, 6) is 0.768. The zero-order valence-electron chi connectivity index (χ0n) is 11.4. The van der Waals surface area contributed by atoms with E-state index in [0.29, 0.717) is 36.2 Å². The van der Waals surface area contributed by atoms with Crippen LogP contribution in [-0.4, -0.2) is 38.7 Å². The van der Waals surface area contributed by atoms with Crippen molar-refractivity contribution in [3.8, 4) is 5.75 Å². The maximum atomic E-state index is 11.5. The molecule has 1 aliphatic heterocycles.